The number of aliphatic imine (C=N–C) groups is 1. The number of halogens is 1. The van der Waals surface area contributed by atoms with Crippen molar-refractivity contribution in [2.24, 2.45) is 4.99 Å². The third-order valence-corrected chi connectivity index (χ3v) is 3.29. The summed E-state index contributed by atoms with van der Waals surface area (Å²) >= 11 is 0. The van der Waals surface area contributed by atoms with E-state index in [0.717, 1.165) is 17.8 Å². The van der Waals surface area contributed by atoms with E-state index in [9.17, 15) is 0 Å². The minimum Gasteiger partial charge on any atom is -0.444 e. The van der Waals surface area contributed by atoms with Crippen LogP contribution in [0.5, 0.6) is 0 Å². The van der Waals surface area contributed by atoms with E-state index in [4.69, 9.17) is 8.94 Å². The lowest BCUT2D eigenvalue weighted by molar-refractivity contribution is 0.371. The SMILES string of the molecule is CCNC(=NCc1coc(-c2ccccc2)n1)NCc1nc(C)no1.I. The Balaban J connectivity index is 0.00000243. The Kier molecular flexibility index (Phi) is 7.57. The van der Waals surface area contributed by atoms with E-state index < -0.39 is 0 Å². The van der Waals surface area contributed by atoms with Crippen molar-refractivity contribution in [3.8, 4) is 11.5 Å². The molecule has 1 aromatic carbocycles. The fourth-order valence-corrected chi connectivity index (χ4v) is 2.17. The fourth-order valence-electron chi connectivity index (χ4n) is 2.17. The van der Waals surface area contributed by atoms with Crippen molar-refractivity contribution >= 4 is 29.9 Å². The van der Waals surface area contributed by atoms with Crippen molar-refractivity contribution in [3.05, 3.63) is 54.0 Å². The fraction of sp³-hybridized carbons (Fsp3) is 0.294. The maximum absolute atomic E-state index is 5.52. The average molecular weight is 468 g/mol. The summed E-state index contributed by atoms with van der Waals surface area (Å²) in [7, 11) is 0. The van der Waals surface area contributed by atoms with Crippen LogP contribution in [-0.4, -0.2) is 27.6 Å². The molecule has 0 spiro atoms. The Hall–Kier alpha value is -2.43. The molecule has 0 aliphatic heterocycles. The summed E-state index contributed by atoms with van der Waals surface area (Å²) in [5.41, 5.74) is 1.69. The first-order chi connectivity index (χ1) is 12.2. The summed E-state index contributed by atoms with van der Waals surface area (Å²) in [4.78, 5) is 13.1. The van der Waals surface area contributed by atoms with Gasteiger partial charge in [-0.15, -0.1) is 24.0 Å². The summed E-state index contributed by atoms with van der Waals surface area (Å²) < 4.78 is 10.6. The topological polar surface area (TPSA) is 101 Å². The van der Waals surface area contributed by atoms with Crippen LogP contribution in [0, 0.1) is 6.92 Å². The monoisotopic (exact) mass is 468 g/mol. The normalized spacial score (nSPS) is 11.1. The molecular formula is C17H21IN6O2. The molecule has 0 fully saturated rings. The highest BCUT2D eigenvalue weighted by atomic mass is 127. The van der Waals surface area contributed by atoms with Crippen molar-refractivity contribution in [2.75, 3.05) is 6.54 Å². The predicted molar refractivity (Wildman–Crippen MR) is 108 cm³/mol. The van der Waals surface area contributed by atoms with Crippen molar-refractivity contribution in [1.29, 1.82) is 0 Å². The van der Waals surface area contributed by atoms with Gasteiger partial charge >= 0.3 is 0 Å². The molecule has 0 saturated heterocycles. The quantitative estimate of drug-likeness (QED) is 0.326. The van der Waals surface area contributed by atoms with Gasteiger partial charge in [0.2, 0.25) is 11.8 Å². The van der Waals surface area contributed by atoms with Crippen LogP contribution in [0.25, 0.3) is 11.5 Å². The van der Waals surface area contributed by atoms with Gasteiger partial charge in [-0.25, -0.2) is 9.98 Å². The van der Waals surface area contributed by atoms with Crippen molar-refractivity contribution < 1.29 is 8.94 Å². The summed E-state index contributed by atoms with van der Waals surface area (Å²) in [5.74, 6) is 2.35. The lowest BCUT2D eigenvalue weighted by Crippen LogP contribution is -2.36. The number of oxazole rings is 1. The van der Waals surface area contributed by atoms with Gasteiger partial charge in [-0.3, -0.25) is 0 Å². The van der Waals surface area contributed by atoms with E-state index in [0.29, 0.717) is 36.7 Å². The predicted octanol–water partition coefficient (Wildman–Crippen LogP) is 2.91. The molecule has 0 unspecified atom stereocenters. The summed E-state index contributed by atoms with van der Waals surface area (Å²) in [6.45, 7) is 5.32. The molecule has 3 aromatic rings. The van der Waals surface area contributed by atoms with Gasteiger partial charge in [0.1, 0.15) is 12.0 Å². The van der Waals surface area contributed by atoms with Gasteiger partial charge in [0.25, 0.3) is 0 Å². The minimum atomic E-state index is 0. The molecule has 26 heavy (non-hydrogen) atoms. The second-order valence-electron chi connectivity index (χ2n) is 5.29. The second kappa shape index (κ2) is 9.90. The highest BCUT2D eigenvalue weighted by molar-refractivity contribution is 14.0. The van der Waals surface area contributed by atoms with Crippen LogP contribution in [0.2, 0.25) is 0 Å². The number of hydrogen-bond donors (Lipinski definition) is 2. The van der Waals surface area contributed by atoms with Gasteiger partial charge in [-0.2, -0.15) is 4.98 Å². The van der Waals surface area contributed by atoms with Crippen molar-refractivity contribution in [1.82, 2.24) is 25.8 Å². The number of aromatic nitrogens is 3. The van der Waals surface area contributed by atoms with Crippen LogP contribution in [0.3, 0.4) is 0 Å². The zero-order chi connectivity index (χ0) is 17.5. The Morgan fingerprint density at radius 2 is 1.96 bits per heavy atom. The van der Waals surface area contributed by atoms with Gasteiger partial charge in [-0.1, -0.05) is 23.4 Å². The second-order valence-corrected chi connectivity index (χ2v) is 5.29. The highest BCUT2D eigenvalue weighted by Crippen LogP contribution is 2.18. The summed E-state index contributed by atoms with van der Waals surface area (Å²) in [5, 5.41) is 10.1. The number of guanidine groups is 1. The van der Waals surface area contributed by atoms with Crippen molar-refractivity contribution in [3.63, 3.8) is 0 Å². The van der Waals surface area contributed by atoms with E-state index in [-0.39, 0.29) is 24.0 Å². The van der Waals surface area contributed by atoms with E-state index >= 15 is 0 Å². The Bertz CT molecular complexity index is 831. The van der Waals surface area contributed by atoms with Crippen LogP contribution >= 0.6 is 24.0 Å². The molecule has 138 valence electrons. The first-order valence-electron chi connectivity index (χ1n) is 8.06. The number of aryl methyl sites for hydroxylation is 1. The van der Waals surface area contributed by atoms with Gasteiger partial charge in [0.05, 0.1) is 13.1 Å². The van der Waals surface area contributed by atoms with Gasteiger partial charge in [-0.05, 0) is 26.0 Å². The molecule has 0 aliphatic rings. The number of benzene rings is 1. The average Bonchev–Trinajstić information content (AvgIpc) is 3.27. The highest BCUT2D eigenvalue weighted by Gasteiger charge is 2.07. The van der Waals surface area contributed by atoms with Gasteiger partial charge in [0, 0.05) is 12.1 Å². The first-order valence-corrected chi connectivity index (χ1v) is 8.06. The molecule has 3 rings (SSSR count). The molecular weight excluding hydrogens is 447 g/mol. The smallest absolute Gasteiger partial charge is 0.246 e. The van der Waals surface area contributed by atoms with Crippen molar-refractivity contribution in [2.45, 2.75) is 26.9 Å². The number of nitrogens with zero attached hydrogens (tertiary/aromatic N) is 4. The molecule has 2 heterocycles. The van der Waals surface area contributed by atoms with E-state index in [1.807, 2.05) is 37.3 Å². The molecule has 9 heteroatoms. The molecule has 8 nitrogen and oxygen atoms in total. The largest absolute Gasteiger partial charge is 0.444 e. The maximum Gasteiger partial charge on any atom is 0.246 e. The number of hydrogen-bond acceptors (Lipinski definition) is 6. The zero-order valence-electron chi connectivity index (χ0n) is 14.6. The minimum absolute atomic E-state index is 0. The first kappa shape index (κ1) is 19.9. The zero-order valence-corrected chi connectivity index (χ0v) is 16.9. The standard InChI is InChI=1S/C17H20N6O2.HI/c1-3-18-17(20-10-15-21-12(2)23-25-15)19-9-14-11-24-16(22-14)13-7-5-4-6-8-13;/h4-8,11H,3,9-10H2,1-2H3,(H2,18,19,20);1H. The third kappa shape index (κ3) is 5.55. The van der Waals surface area contributed by atoms with E-state index in [1.165, 1.54) is 0 Å². The lowest BCUT2D eigenvalue weighted by Gasteiger charge is -2.08. The van der Waals surface area contributed by atoms with E-state index in [2.05, 4.69) is 30.8 Å². The Labute approximate surface area is 168 Å². The van der Waals surface area contributed by atoms with Gasteiger partial charge < -0.3 is 19.6 Å². The molecule has 0 atom stereocenters. The lowest BCUT2D eigenvalue weighted by atomic mass is 10.2. The molecule has 0 radical (unpaired) electrons. The molecule has 2 aromatic heterocycles. The summed E-state index contributed by atoms with van der Waals surface area (Å²) in [6.07, 6.45) is 1.62. The van der Waals surface area contributed by atoms with Gasteiger partial charge in [0.15, 0.2) is 11.8 Å². The summed E-state index contributed by atoms with van der Waals surface area (Å²) in [6, 6.07) is 9.76. The number of rotatable bonds is 6. The van der Waals surface area contributed by atoms with Crippen LogP contribution in [0.1, 0.15) is 24.3 Å². The van der Waals surface area contributed by atoms with Crippen LogP contribution in [0.15, 0.2) is 50.5 Å². The third-order valence-electron chi connectivity index (χ3n) is 3.29. The van der Waals surface area contributed by atoms with Crippen LogP contribution < -0.4 is 10.6 Å². The van der Waals surface area contributed by atoms with Crippen LogP contribution in [-0.2, 0) is 13.1 Å². The Morgan fingerprint density at radius 3 is 2.65 bits per heavy atom. The Morgan fingerprint density at radius 1 is 1.15 bits per heavy atom. The molecule has 0 amide bonds. The van der Waals surface area contributed by atoms with E-state index in [1.54, 1.807) is 13.2 Å². The van der Waals surface area contributed by atoms with Crippen LogP contribution in [0.4, 0.5) is 0 Å². The maximum atomic E-state index is 5.52. The molecule has 2 N–H and O–H groups in total. The molecule has 0 saturated carbocycles. The molecule has 0 aliphatic carbocycles. The number of nitrogens with one attached hydrogen (secondary N) is 2. The molecule has 0 bridgehead atoms.